The van der Waals surface area contributed by atoms with Crippen LogP contribution >= 0.6 is 0 Å². The molecule has 0 saturated heterocycles. The van der Waals surface area contributed by atoms with Gasteiger partial charge in [0.15, 0.2) is 0 Å². The van der Waals surface area contributed by atoms with E-state index in [2.05, 4.69) is 0 Å². The van der Waals surface area contributed by atoms with Crippen LogP contribution in [0.5, 0.6) is 0 Å². The highest BCUT2D eigenvalue weighted by atomic mass is 19.1. The van der Waals surface area contributed by atoms with Crippen molar-refractivity contribution in [3.05, 3.63) is 71.2 Å². The van der Waals surface area contributed by atoms with Crippen molar-refractivity contribution in [3.8, 4) is 0 Å². The monoisotopic (exact) mass is 364 g/mol. The molecule has 4 rings (SSSR count). The number of para-hydroxylation sites is 1. The summed E-state index contributed by atoms with van der Waals surface area (Å²) in [6, 6.07) is 13.7. The second kappa shape index (κ2) is 6.65. The van der Waals surface area contributed by atoms with Crippen molar-refractivity contribution in [2.45, 2.75) is 20.3 Å². The van der Waals surface area contributed by atoms with E-state index in [-0.39, 0.29) is 23.5 Å². The molecule has 0 saturated carbocycles. The Morgan fingerprint density at radius 1 is 1.00 bits per heavy atom. The highest BCUT2D eigenvalue weighted by Gasteiger charge is 2.43. The molecular weight excluding hydrogens is 343 g/mol. The molecule has 2 aliphatic rings. The smallest absolute Gasteiger partial charge is 0.278 e. The molecule has 2 amide bonds. The summed E-state index contributed by atoms with van der Waals surface area (Å²) in [6.07, 6.45) is 0.821. The van der Waals surface area contributed by atoms with Gasteiger partial charge < -0.3 is 4.90 Å². The standard InChI is InChI=1S/C22H21FN2O2/c1-14(2)13-25-21(26)19(16-7-9-17(23)10-8-16)20(22(25)27)24-12-11-15-5-3-4-6-18(15)24/h3-10,14H,11-13H2,1-2H3. The van der Waals surface area contributed by atoms with Crippen LogP contribution in [-0.4, -0.2) is 29.8 Å². The first kappa shape index (κ1) is 17.5. The zero-order valence-corrected chi connectivity index (χ0v) is 15.4. The predicted molar refractivity (Wildman–Crippen MR) is 102 cm³/mol. The third-order valence-corrected chi connectivity index (χ3v) is 4.98. The maximum absolute atomic E-state index is 13.4. The Kier molecular flexibility index (Phi) is 4.30. The summed E-state index contributed by atoms with van der Waals surface area (Å²) in [5.74, 6) is -0.787. The van der Waals surface area contributed by atoms with Gasteiger partial charge in [0.05, 0.1) is 5.57 Å². The van der Waals surface area contributed by atoms with Crippen LogP contribution in [0, 0.1) is 11.7 Å². The molecule has 0 aromatic heterocycles. The number of anilines is 1. The van der Waals surface area contributed by atoms with E-state index in [4.69, 9.17) is 0 Å². The summed E-state index contributed by atoms with van der Waals surface area (Å²) in [4.78, 5) is 29.6. The maximum atomic E-state index is 13.4. The molecule has 0 atom stereocenters. The van der Waals surface area contributed by atoms with Crippen molar-refractivity contribution in [3.63, 3.8) is 0 Å². The number of carbonyl (C=O) groups excluding carboxylic acids is 2. The number of amides is 2. The lowest BCUT2D eigenvalue weighted by Crippen LogP contribution is -2.37. The van der Waals surface area contributed by atoms with Crippen LogP contribution in [-0.2, 0) is 16.0 Å². The second-order valence-electron chi connectivity index (χ2n) is 7.38. The molecule has 5 heteroatoms. The largest absolute Gasteiger partial charge is 0.336 e. The van der Waals surface area contributed by atoms with Gasteiger partial charge in [0, 0.05) is 18.8 Å². The Morgan fingerprint density at radius 3 is 2.41 bits per heavy atom. The van der Waals surface area contributed by atoms with E-state index in [1.54, 1.807) is 12.1 Å². The molecule has 2 heterocycles. The van der Waals surface area contributed by atoms with Crippen molar-refractivity contribution >= 4 is 23.1 Å². The van der Waals surface area contributed by atoms with Gasteiger partial charge in [-0.2, -0.15) is 0 Å². The minimum Gasteiger partial charge on any atom is -0.336 e. The van der Waals surface area contributed by atoms with E-state index >= 15 is 0 Å². The van der Waals surface area contributed by atoms with Crippen LogP contribution in [0.1, 0.15) is 25.0 Å². The average molecular weight is 364 g/mol. The Hall–Kier alpha value is -2.95. The molecule has 27 heavy (non-hydrogen) atoms. The molecule has 0 bridgehead atoms. The number of hydrogen-bond donors (Lipinski definition) is 0. The first-order chi connectivity index (χ1) is 13.0. The lowest BCUT2D eigenvalue weighted by molar-refractivity contribution is -0.137. The zero-order valence-electron chi connectivity index (χ0n) is 15.4. The third kappa shape index (κ3) is 2.93. The maximum Gasteiger partial charge on any atom is 0.278 e. The average Bonchev–Trinajstić information content (AvgIpc) is 3.16. The minimum atomic E-state index is -0.372. The van der Waals surface area contributed by atoms with Gasteiger partial charge in [0.1, 0.15) is 11.5 Å². The van der Waals surface area contributed by atoms with Gasteiger partial charge in [0.2, 0.25) is 0 Å². The number of imide groups is 1. The number of benzene rings is 2. The van der Waals surface area contributed by atoms with E-state index in [1.165, 1.54) is 17.0 Å². The summed E-state index contributed by atoms with van der Waals surface area (Å²) < 4.78 is 13.4. The molecule has 0 fully saturated rings. The lowest BCUT2D eigenvalue weighted by atomic mass is 10.0. The molecule has 0 N–H and O–H groups in total. The lowest BCUT2D eigenvalue weighted by Gasteiger charge is -2.22. The van der Waals surface area contributed by atoms with Crippen molar-refractivity contribution in [2.24, 2.45) is 5.92 Å². The molecule has 4 nitrogen and oxygen atoms in total. The van der Waals surface area contributed by atoms with E-state index < -0.39 is 0 Å². The number of carbonyl (C=O) groups is 2. The molecule has 138 valence electrons. The van der Waals surface area contributed by atoms with Gasteiger partial charge in [-0.1, -0.05) is 44.2 Å². The van der Waals surface area contributed by atoms with Crippen LogP contribution < -0.4 is 4.90 Å². The van der Waals surface area contributed by atoms with Gasteiger partial charge in [-0.15, -0.1) is 0 Å². The van der Waals surface area contributed by atoms with Gasteiger partial charge in [-0.05, 0) is 41.7 Å². The Labute approximate surface area is 157 Å². The van der Waals surface area contributed by atoms with E-state index in [0.29, 0.717) is 29.9 Å². The third-order valence-electron chi connectivity index (χ3n) is 4.98. The van der Waals surface area contributed by atoms with E-state index in [9.17, 15) is 14.0 Å². The van der Waals surface area contributed by atoms with Gasteiger partial charge >= 0.3 is 0 Å². The van der Waals surface area contributed by atoms with Gasteiger partial charge in [-0.25, -0.2) is 4.39 Å². The van der Waals surface area contributed by atoms with Crippen LogP contribution in [0.2, 0.25) is 0 Å². The van der Waals surface area contributed by atoms with Crippen LogP contribution in [0.4, 0.5) is 10.1 Å². The van der Waals surface area contributed by atoms with Gasteiger partial charge in [-0.3, -0.25) is 14.5 Å². The highest BCUT2D eigenvalue weighted by molar-refractivity contribution is 6.36. The van der Waals surface area contributed by atoms with Crippen LogP contribution in [0.15, 0.2) is 54.2 Å². The highest BCUT2D eigenvalue weighted by Crippen LogP contribution is 2.38. The quantitative estimate of drug-likeness (QED) is 0.778. The first-order valence-corrected chi connectivity index (χ1v) is 9.19. The summed E-state index contributed by atoms with van der Waals surface area (Å²) in [7, 11) is 0. The Balaban J connectivity index is 1.86. The summed E-state index contributed by atoms with van der Waals surface area (Å²) in [6.45, 7) is 4.96. The molecule has 0 unspecified atom stereocenters. The molecule has 2 aromatic rings. The molecular formula is C22H21FN2O2. The summed E-state index contributed by atoms with van der Waals surface area (Å²) in [5, 5.41) is 0. The number of hydrogen-bond acceptors (Lipinski definition) is 3. The molecule has 0 spiro atoms. The Morgan fingerprint density at radius 2 is 1.70 bits per heavy atom. The zero-order chi connectivity index (χ0) is 19.1. The number of halogens is 1. The Bertz CT molecular complexity index is 947. The predicted octanol–water partition coefficient (Wildman–Crippen LogP) is 3.62. The second-order valence-corrected chi connectivity index (χ2v) is 7.38. The van der Waals surface area contributed by atoms with Crippen LogP contribution in [0.3, 0.4) is 0 Å². The van der Waals surface area contributed by atoms with E-state index in [1.807, 2.05) is 43.0 Å². The first-order valence-electron chi connectivity index (χ1n) is 9.19. The van der Waals surface area contributed by atoms with Crippen molar-refractivity contribution in [1.29, 1.82) is 0 Å². The van der Waals surface area contributed by atoms with Crippen molar-refractivity contribution < 1.29 is 14.0 Å². The fourth-order valence-corrected chi connectivity index (χ4v) is 3.79. The van der Waals surface area contributed by atoms with Crippen molar-refractivity contribution in [1.82, 2.24) is 4.90 Å². The SMILES string of the molecule is CC(C)CN1C(=O)C(c2ccc(F)cc2)=C(N2CCc3ccccc32)C1=O. The van der Waals surface area contributed by atoms with Gasteiger partial charge in [0.25, 0.3) is 11.8 Å². The topological polar surface area (TPSA) is 40.6 Å². The number of fused-ring (bicyclic) bond motifs is 1. The van der Waals surface area contributed by atoms with Crippen LogP contribution in [0.25, 0.3) is 5.57 Å². The van der Waals surface area contributed by atoms with E-state index in [0.717, 1.165) is 17.7 Å². The fraction of sp³-hybridized carbons (Fsp3) is 0.273. The normalized spacial score (nSPS) is 16.7. The molecule has 2 aliphatic heterocycles. The fourth-order valence-electron chi connectivity index (χ4n) is 3.79. The number of nitrogens with zero attached hydrogens (tertiary/aromatic N) is 2. The summed E-state index contributed by atoms with van der Waals surface area (Å²) in [5.41, 5.74) is 3.45. The van der Waals surface area contributed by atoms with Crippen molar-refractivity contribution in [2.75, 3.05) is 18.0 Å². The molecule has 2 aromatic carbocycles. The minimum absolute atomic E-state index is 0.164. The molecule has 0 radical (unpaired) electrons. The molecule has 0 aliphatic carbocycles. The number of rotatable bonds is 4. The summed E-state index contributed by atoms with van der Waals surface area (Å²) >= 11 is 0.